The molecule has 7 heteroatoms. The molecule has 2 N–H and O–H groups in total. The predicted molar refractivity (Wildman–Crippen MR) is 128 cm³/mol. The standard InChI is InChI=1S/C25H25N3O3S/c1-17-6-8-18(9-7-17)15-28-22-13-20(10-11-23(22)32-16-24(28)29)27-25(30)26-14-19-4-3-5-21(12-19)31-2/h3-13H,14-16H2,1-2H3,(H2,26,27,30). The summed E-state index contributed by atoms with van der Waals surface area (Å²) >= 11 is 1.52. The van der Waals surface area contributed by atoms with E-state index in [1.165, 1.54) is 17.3 Å². The van der Waals surface area contributed by atoms with E-state index >= 15 is 0 Å². The van der Waals surface area contributed by atoms with Crippen molar-refractivity contribution < 1.29 is 14.3 Å². The number of amides is 3. The zero-order valence-corrected chi connectivity index (χ0v) is 18.9. The van der Waals surface area contributed by atoms with Crippen LogP contribution in [0.1, 0.15) is 16.7 Å². The number of thioether (sulfide) groups is 1. The van der Waals surface area contributed by atoms with E-state index in [4.69, 9.17) is 4.74 Å². The van der Waals surface area contributed by atoms with Crippen molar-refractivity contribution in [2.75, 3.05) is 23.1 Å². The number of nitrogens with zero attached hydrogens (tertiary/aromatic N) is 1. The van der Waals surface area contributed by atoms with Gasteiger partial charge in [-0.05, 0) is 48.4 Å². The van der Waals surface area contributed by atoms with Crippen LogP contribution >= 0.6 is 11.8 Å². The molecule has 1 heterocycles. The topological polar surface area (TPSA) is 70.7 Å². The van der Waals surface area contributed by atoms with Crippen LogP contribution in [0, 0.1) is 6.92 Å². The van der Waals surface area contributed by atoms with Crippen molar-refractivity contribution in [3.05, 3.63) is 83.4 Å². The number of hydrogen-bond donors (Lipinski definition) is 2. The fraction of sp³-hybridized carbons (Fsp3) is 0.200. The summed E-state index contributed by atoms with van der Waals surface area (Å²) in [7, 11) is 1.61. The highest BCUT2D eigenvalue weighted by Gasteiger charge is 2.25. The molecule has 0 saturated carbocycles. The summed E-state index contributed by atoms with van der Waals surface area (Å²) < 4.78 is 5.21. The Morgan fingerprint density at radius 3 is 2.66 bits per heavy atom. The van der Waals surface area contributed by atoms with Gasteiger partial charge < -0.3 is 20.3 Å². The van der Waals surface area contributed by atoms with Crippen molar-refractivity contribution in [3.63, 3.8) is 0 Å². The molecule has 3 aromatic carbocycles. The van der Waals surface area contributed by atoms with Gasteiger partial charge >= 0.3 is 6.03 Å². The van der Waals surface area contributed by atoms with Crippen LogP contribution in [0.5, 0.6) is 5.75 Å². The highest BCUT2D eigenvalue weighted by atomic mass is 32.2. The van der Waals surface area contributed by atoms with Gasteiger partial charge in [0.25, 0.3) is 0 Å². The van der Waals surface area contributed by atoms with Crippen LogP contribution in [0.25, 0.3) is 0 Å². The van der Waals surface area contributed by atoms with Crippen molar-refractivity contribution in [1.29, 1.82) is 0 Å². The van der Waals surface area contributed by atoms with Crippen LogP contribution in [-0.2, 0) is 17.9 Å². The van der Waals surface area contributed by atoms with Crippen LogP contribution in [0.4, 0.5) is 16.2 Å². The van der Waals surface area contributed by atoms with E-state index in [9.17, 15) is 9.59 Å². The molecule has 0 aliphatic carbocycles. The molecule has 0 aromatic heterocycles. The van der Waals surface area contributed by atoms with E-state index in [1.54, 1.807) is 12.0 Å². The summed E-state index contributed by atoms with van der Waals surface area (Å²) in [6.45, 7) is 2.92. The fourth-order valence-electron chi connectivity index (χ4n) is 3.47. The second-order valence-corrected chi connectivity index (χ2v) is 8.61. The van der Waals surface area contributed by atoms with Crippen molar-refractivity contribution in [2.24, 2.45) is 0 Å². The maximum absolute atomic E-state index is 12.7. The molecule has 0 spiro atoms. The lowest BCUT2D eigenvalue weighted by Crippen LogP contribution is -2.35. The first-order valence-electron chi connectivity index (χ1n) is 10.3. The Bertz CT molecular complexity index is 1130. The maximum Gasteiger partial charge on any atom is 0.319 e. The largest absolute Gasteiger partial charge is 0.497 e. The smallest absolute Gasteiger partial charge is 0.319 e. The third-order valence-corrected chi connectivity index (χ3v) is 6.26. The summed E-state index contributed by atoms with van der Waals surface area (Å²) in [5.74, 6) is 1.21. The number of hydrogen-bond acceptors (Lipinski definition) is 4. The second-order valence-electron chi connectivity index (χ2n) is 7.60. The summed E-state index contributed by atoms with van der Waals surface area (Å²) in [6.07, 6.45) is 0. The summed E-state index contributed by atoms with van der Waals surface area (Å²) in [4.78, 5) is 27.9. The SMILES string of the molecule is COc1cccc(CNC(=O)Nc2ccc3c(c2)N(Cc2ccc(C)cc2)C(=O)CS3)c1. The molecule has 0 atom stereocenters. The van der Waals surface area contributed by atoms with Gasteiger partial charge in [-0.1, -0.05) is 42.0 Å². The number of aryl methyl sites for hydroxylation is 1. The zero-order valence-electron chi connectivity index (χ0n) is 18.1. The predicted octanol–water partition coefficient (Wildman–Crippen LogP) is 4.96. The number of methoxy groups -OCH3 is 1. The number of urea groups is 1. The molecule has 0 fully saturated rings. The normalized spacial score (nSPS) is 12.8. The average molecular weight is 448 g/mol. The van der Waals surface area contributed by atoms with Crippen LogP contribution in [0.2, 0.25) is 0 Å². The Morgan fingerprint density at radius 2 is 1.88 bits per heavy atom. The number of carbonyl (C=O) groups excluding carboxylic acids is 2. The van der Waals surface area contributed by atoms with Crippen LogP contribution in [0.15, 0.2) is 71.6 Å². The van der Waals surface area contributed by atoms with Gasteiger partial charge in [0, 0.05) is 17.1 Å². The van der Waals surface area contributed by atoms with E-state index in [2.05, 4.69) is 10.6 Å². The first-order chi connectivity index (χ1) is 15.5. The molecular formula is C25H25N3O3S. The van der Waals surface area contributed by atoms with E-state index < -0.39 is 0 Å². The maximum atomic E-state index is 12.7. The Hall–Kier alpha value is -3.45. The van der Waals surface area contributed by atoms with Crippen molar-refractivity contribution >= 4 is 35.1 Å². The summed E-state index contributed by atoms with van der Waals surface area (Å²) in [6, 6.07) is 21.1. The van der Waals surface area contributed by atoms with E-state index in [1.807, 2.05) is 73.7 Å². The molecule has 1 aliphatic heterocycles. The molecule has 4 rings (SSSR count). The molecule has 0 unspecified atom stereocenters. The number of nitrogens with one attached hydrogen (secondary N) is 2. The summed E-state index contributed by atoms with van der Waals surface area (Å²) in [5.41, 5.74) is 4.64. The Balaban J connectivity index is 1.45. The quantitative estimate of drug-likeness (QED) is 0.560. The number of benzene rings is 3. The molecule has 6 nitrogen and oxygen atoms in total. The molecule has 3 aromatic rings. The minimum Gasteiger partial charge on any atom is -0.497 e. The Kier molecular flexibility index (Phi) is 6.66. The van der Waals surface area contributed by atoms with Crippen molar-refractivity contribution in [2.45, 2.75) is 24.9 Å². The second kappa shape index (κ2) is 9.78. The number of carbonyl (C=O) groups is 2. The Labute approximate surface area is 192 Å². The molecule has 164 valence electrons. The highest BCUT2D eigenvalue weighted by molar-refractivity contribution is 8.00. The number of anilines is 2. The van der Waals surface area contributed by atoms with Gasteiger partial charge in [0.15, 0.2) is 0 Å². The first-order valence-corrected chi connectivity index (χ1v) is 11.3. The van der Waals surface area contributed by atoms with Crippen LogP contribution in [0.3, 0.4) is 0 Å². The van der Waals surface area contributed by atoms with Gasteiger partial charge in [0.05, 0.1) is 25.1 Å². The number of rotatable bonds is 6. The third-order valence-electron chi connectivity index (χ3n) is 5.21. The molecule has 0 saturated heterocycles. The van der Waals surface area contributed by atoms with E-state index in [0.29, 0.717) is 24.5 Å². The highest BCUT2D eigenvalue weighted by Crippen LogP contribution is 2.38. The molecule has 32 heavy (non-hydrogen) atoms. The average Bonchev–Trinajstić information content (AvgIpc) is 2.81. The molecule has 1 aliphatic rings. The van der Waals surface area contributed by atoms with Crippen LogP contribution in [-0.4, -0.2) is 24.8 Å². The summed E-state index contributed by atoms with van der Waals surface area (Å²) in [5, 5.41) is 5.72. The number of ether oxygens (including phenoxy) is 1. The van der Waals surface area contributed by atoms with Crippen molar-refractivity contribution in [3.8, 4) is 5.75 Å². The lowest BCUT2D eigenvalue weighted by Gasteiger charge is -2.29. The molecular weight excluding hydrogens is 422 g/mol. The van der Waals surface area contributed by atoms with Gasteiger partial charge in [-0.25, -0.2) is 4.79 Å². The molecule has 3 amide bonds. The molecule has 0 radical (unpaired) electrons. The first kappa shape index (κ1) is 21.8. The monoisotopic (exact) mass is 447 g/mol. The lowest BCUT2D eigenvalue weighted by molar-refractivity contribution is -0.116. The third kappa shape index (κ3) is 5.23. The van der Waals surface area contributed by atoms with E-state index in [0.717, 1.165) is 27.5 Å². The van der Waals surface area contributed by atoms with Gasteiger partial charge in [-0.15, -0.1) is 11.8 Å². The minimum absolute atomic E-state index is 0.0581. The zero-order chi connectivity index (χ0) is 22.5. The number of fused-ring (bicyclic) bond motifs is 1. The fourth-order valence-corrected chi connectivity index (χ4v) is 4.39. The van der Waals surface area contributed by atoms with Gasteiger partial charge in [0.1, 0.15) is 5.75 Å². The lowest BCUT2D eigenvalue weighted by atomic mass is 10.1. The minimum atomic E-state index is -0.312. The Morgan fingerprint density at radius 1 is 1.06 bits per heavy atom. The van der Waals surface area contributed by atoms with E-state index in [-0.39, 0.29) is 11.9 Å². The van der Waals surface area contributed by atoms with Crippen molar-refractivity contribution in [1.82, 2.24) is 5.32 Å². The van der Waals surface area contributed by atoms with Gasteiger partial charge in [-0.2, -0.15) is 0 Å². The van der Waals surface area contributed by atoms with Gasteiger partial charge in [-0.3, -0.25) is 4.79 Å². The van der Waals surface area contributed by atoms with Crippen LogP contribution < -0.4 is 20.3 Å². The molecule has 0 bridgehead atoms. The van der Waals surface area contributed by atoms with Gasteiger partial charge in [0.2, 0.25) is 5.91 Å².